The molecule has 0 unspecified atom stereocenters. The van der Waals surface area contributed by atoms with Gasteiger partial charge in [0, 0.05) is 11.6 Å². The van der Waals surface area contributed by atoms with Crippen molar-refractivity contribution in [3.8, 4) is 0 Å². The molecule has 0 aliphatic heterocycles. The van der Waals surface area contributed by atoms with Crippen LogP contribution in [0.4, 0.5) is 0 Å². The van der Waals surface area contributed by atoms with E-state index in [1.165, 1.54) is 12.3 Å². The van der Waals surface area contributed by atoms with Crippen molar-refractivity contribution in [2.24, 2.45) is 0 Å². The predicted octanol–water partition coefficient (Wildman–Crippen LogP) is 1.98. The molecule has 14 heavy (non-hydrogen) atoms. The molecule has 2 aromatic rings. The zero-order valence-corrected chi connectivity index (χ0v) is 7.69. The summed E-state index contributed by atoms with van der Waals surface area (Å²) < 4.78 is 0. The van der Waals surface area contributed by atoms with Crippen LogP contribution < -0.4 is 0 Å². The lowest BCUT2D eigenvalue weighted by Gasteiger charge is -1.99. The van der Waals surface area contributed by atoms with Gasteiger partial charge in [0.1, 0.15) is 0 Å². The van der Waals surface area contributed by atoms with E-state index in [4.69, 9.17) is 16.7 Å². The summed E-state index contributed by atoms with van der Waals surface area (Å²) in [6, 6.07) is 4.63. The van der Waals surface area contributed by atoms with E-state index in [1.54, 1.807) is 12.1 Å². The lowest BCUT2D eigenvalue weighted by Crippen LogP contribution is -2.00. The molecule has 4 nitrogen and oxygen atoms in total. The third-order valence-corrected chi connectivity index (χ3v) is 2.10. The standard InChI is InChI=1S/C9H5ClN2O2/c10-6-3-4-11-8-5(6)1-2-7(12-8)9(13)14/h1-4H,(H,13,14). The van der Waals surface area contributed by atoms with E-state index in [1.807, 2.05) is 0 Å². The molecule has 0 fully saturated rings. The summed E-state index contributed by atoms with van der Waals surface area (Å²) in [5.41, 5.74) is 0.310. The number of hydrogen-bond donors (Lipinski definition) is 1. The fraction of sp³-hybridized carbons (Fsp3) is 0. The van der Waals surface area contributed by atoms with Crippen molar-refractivity contribution in [2.75, 3.05) is 0 Å². The number of halogens is 1. The number of fused-ring (bicyclic) bond motifs is 1. The number of pyridine rings is 2. The van der Waals surface area contributed by atoms with Crippen LogP contribution in [0.25, 0.3) is 11.0 Å². The molecule has 0 bridgehead atoms. The number of nitrogens with zero attached hydrogens (tertiary/aromatic N) is 2. The fourth-order valence-electron chi connectivity index (χ4n) is 1.12. The average molecular weight is 209 g/mol. The number of hydrogen-bond acceptors (Lipinski definition) is 3. The highest BCUT2D eigenvalue weighted by atomic mass is 35.5. The normalized spacial score (nSPS) is 10.4. The molecule has 0 saturated heterocycles. The van der Waals surface area contributed by atoms with Crippen LogP contribution in [0.3, 0.4) is 0 Å². The highest BCUT2D eigenvalue weighted by Crippen LogP contribution is 2.19. The molecule has 0 aliphatic carbocycles. The van der Waals surface area contributed by atoms with Gasteiger partial charge in [-0.25, -0.2) is 14.8 Å². The maximum atomic E-state index is 10.6. The SMILES string of the molecule is O=C(O)c1ccc2c(Cl)ccnc2n1. The van der Waals surface area contributed by atoms with Gasteiger partial charge < -0.3 is 5.11 Å². The first-order chi connectivity index (χ1) is 6.68. The Morgan fingerprint density at radius 1 is 1.36 bits per heavy atom. The molecule has 2 rings (SSSR count). The van der Waals surface area contributed by atoms with Crippen molar-refractivity contribution in [1.82, 2.24) is 9.97 Å². The topological polar surface area (TPSA) is 63.1 Å². The summed E-state index contributed by atoms with van der Waals surface area (Å²) in [6.07, 6.45) is 1.49. The van der Waals surface area contributed by atoms with Crippen LogP contribution in [0.2, 0.25) is 5.02 Å². The number of rotatable bonds is 1. The summed E-state index contributed by atoms with van der Waals surface area (Å²) in [7, 11) is 0. The monoisotopic (exact) mass is 208 g/mol. The maximum absolute atomic E-state index is 10.6. The Bertz CT molecular complexity index is 513. The molecule has 0 radical (unpaired) electrons. The van der Waals surface area contributed by atoms with Gasteiger partial charge in [-0.1, -0.05) is 11.6 Å². The minimum Gasteiger partial charge on any atom is -0.477 e. The predicted molar refractivity (Wildman–Crippen MR) is 51.5 cm³/mol. The van der Waals surface area contributed by atoms with Crippen LogP contribution >= 0.6 is 11.6 Å². The van der Waals surface area contributed by atoms with Gasteiger partial charge in [-0.2, -0.15) is 0 Å². The van der Waals surface area contributed by atoms with Crippen LogP contribution in [0, 0.1) is 0 Å². The third-order valence-electron chi connectivity index (χ3n) is 1.77. The van der Waals surface area contributed by atoms with E-state index in [-0.39, 0.29) is 5.69 Å². The molecule has 0 saturated carbocycles. The van der Waals surface area contributed by atoms with Gasteiger partial charge in [-0.05, 0) is 18.2 Å². The summed E-state index contributed by atoms with van der Waals surface area (Å²) in [5, 5.41) is 9.86. The quantitative estimate of drug-likeness (QED) is 0.779. The Morgan fingerprint density at radius 3 is 2.86 bits per heavy atom. The Hall–Kier alpha value is -1.68. The Balaban J connectivity index is 2.73. The van der Waals surface area contributed by atoms with E-state index < -0.39 is 5.97 Å². The molecule has 0 aliphatic rings. The highest BCUT2D eigenvalue weighted by Gasteiger charge is 2.07. The average Bonchev–Trinajstić information content (AvgIpc) is 2.17. The lowest BCUT2D eigenvalue weighted by molar-refractivity contribution is 0.0691. The van der Waals surface area contributed by atoms with Crippen molar-refractivity contribution >= 4 is 28.6 Å². The second-order valence-corrected chi connectivity index (χ2v) is 3.07. The smallest absolute Gasteiger partial charge is 0.354 e. The van der Waals surface area contributed by atoms with Crippen LogP contribution in [0.5, 0.6) is 0 Å². The van der Waals surface area contributed by atoms with Gasteiger partial charge in [-0.3, -0.25) is 0 Å². The minimum absolute atomic E-state index is 0.0349. The maximum Gasteiger partial charge on any atom is 0.354 e. The van der Waals surface area contributed by atoms with Gasteiger partial charge in [0.2, 0.25) is 0 Å². The molecule has 70 valence electrons. The van der Waals surface area contributed by atoms with Crippen LogP contribution in [-0.2, 0) is 0 Å². The van der Waals surface area contributed by atoms with E-state index in [2.05, 4.69) is 9.97 Å². The first kappa shape index (κ1) is 8.90. The molecular weight excluding hydrogens is 204 g/mol. The zero-order valence-electron chi connectivity index (χ0n) is 6.94. The molecular formula is C9H5ClN2O2. The number of aromatic nitrogens is 2. The molecule has 0 amide bonds. The van der Waals surface area contributed by atoms with Crippen molar-refractivity contribution in [1.29, 1.82) is 0 Å². The van der Waals surface area contributed by atoms with Crippen molar-refractivity contribution in [2.45, 2.75) is 0 Å². The first-order valence-electron chi connectivity index (χ1n) is 3.83. The minimum atomic E-state index is -1.08. The van der Waals surface area contributed by atoms with Crippen molar-refractivity contribution in [3.63, 3.8) is 0 Å². The van der Waals surface area contributed by atoms with Gasteiger partial charge in [0.25, 0.3) is 0 Å². The largest absolute Gasteiger partial charge is 0.477 e. The summed E-state index contributed by atoms with van der Waals surface area (Å²) in [5.74, 6) is -1.08. The molecule has 5 heteroatoms. The molecule has 0 spiro atoms. The molecule has 2 heterocycles. The van der Waals surface area contributed by atoms with E-state index in [0.29, 0.717) is 16.1 Å². The van der Waals surface area contributed by atoms with Crippen molar-refractivity contribution in [3.05, 3.63) is 35.1 Å². The summed E-state index contributed by atoms with van der Waals surface area (Å²) in [4.78, 5) is 18.4. The Kier molecular flexibility index (Phi) is 2.05. The molecule has 0 atom stereocenters. The summed E-state index contributed by atoms with van der Waals surface area (Å²) in [6.45, 7) is 0. The van der Waals surface area contributed by atoms with E-state index in [9.17, 15) is 4.79 Å². The first-order valence-corrected chi connectivity index (χ1v) is 4.21. The van der Waals surface area contributed by atoms with Gasteiger partial charge in [0.15, 0.2) is 11.3 Å². The van der Waals surface area contributed by atoms with Gasteiger partial charge >= 0.3 is 5.97 Å². The second kappa shape index (κ2) is 3.23. The van der Waals surface area contributed by atoms with E-state index >= 15 is 0 Å². The Labute approximate surface area is 84.2 Å². The number of carboxylic acid groups (broad SMARTS) is 1. The van der Waals surface area contributed by atoms with Crippen LogP contribution in [-0.4, -0.2) is 21.0 Å². The van der Waals surface area contributed by atoms with E-state index in [0.717, 1.165) is 0 Å². The third kappa shape index (κ3) is 1.40. The summed E-state index contributed by atoms with van der Waals surface area (Å²) >= 11 is 5.86. The molecule has 0 aromatic carbocycles. The van der Waals surface area contributed by atoms with Gasteiger partial charge in [-0.15, -0.1) is 0 Å². The van der Waals surface area contributed by atoms with Gasteiger partial charge in [0.05, 0.1) is 5.02 Å². The van der Waals surface area contributed by atoms with Crippen molar-refractivity contribution < 1.29 is 9.90 Å². The lowest BCUT2D eigenvalue weighted by atomic mass is 10.2. The highest BCUT2D eigenvalue weighted by molar-refractivity contribution is 6.35. The second-order valence-electron chi connectivity index (χ2n) is 2.67. The van der Waals surface area contributed by atoms with Crippen LogP contribution in [0.15, 0.2) is 24.4 Å². The Morgan fingerprint density at radius 2 is 2.14 bits per heavy atom. The fourth-order valence-corrected chi connectivity index (χ4v) is 1.32. The number of aromatic carboxylic acids is 1. The number of carboxylic acids is 1. The molecule has 2 aromatic heterocycles. The zero-order chi connectivity index (χ0) is 10.1. The van der Waals surface area contributed by atoms with Crippen LogP contribution in [0.1, 0.15) is 10.5 Å². The molecule has 1 N–H and O–H groups in total. The number of carbonyl (C=O) groups is 1.